The Bertz CT molecular complexity index is 566. The van der Waals surface area contributed by atoms with E-state index in [4.69, 9.17) is 11.6 Å². The number of benzene rings is 1. The quantitative estimate of drug-likeness (QED) is 0.852. The highest BCUT2D eigenvalue weighted by molar-refractivity contribution is 6.30. The van der Waals surface area contributed by atoms with E-state index >= 15 is 0 Å². The molecule has 0 aliphatic carbocycles. The first-order valence-corrected chi connectivity index (χ1v) is 6.58. The number of aryl methyl sites for hydroxylation is 1. The fraction of sp³-hybridized carbons (Fsp3) is 0.400. The van der Waals surface area contributed by atoms with Crippen molar-refractivity contribution in [2.75, 3.05) is 6.61 Å². The second kappa shape index (κ2) is 5.25. The van der Waals surface area contributed by atoms with Crippen LogP contribution in [-0.2, 0) is 0 Å². The second-order valence-electron chi connectivity index (χ2n) is 5.08. The van der Waals surface area contributed by atoms with Crippen molar-refractivity contribution in [1.29, 1.82) is 0 Å². The summed E-state index contributed by atoms with van der Waals surface area (Å²) in [6, 6.07) is 8.15. The minimum absolute atomic E-state index is 0.170. The van der Waals surface area contributed by atoms with Gasteiger partial charge >= 0.3 is 0 Å². The van der Waals surface area contributed by atoms with Crippen LogP contribution >= 0.6 is 11.6 Å². The fourth-order valence-corrected chi connectivity index (χ4v) is 2.35. The van der Waals surface area contributed by atoms with Gasteiger partial charge in [0.2, 0.25) is 0 Å². The van der Waals surface area contributed by atoms with Crippen molar-refractivity contribution in [2.45, 2.75) is 26.7 Å². The summed E-state index contributed by atoms with van der Waals surface area (Å²) in [5.74, 6) is 0.583. The van der Waals surface area contributed by atoms with Gasteiger partial charge in [-0.3, -0.25) is 0 Å². The summed E-state index contributed by atoms with van der Waals surface area (Å²) in [5.41, 5.74) is 3.03. The van der Waals surface area contributed by atoms with Crippen molar-refractivity contribution in [3.05, 3.63) is 40.5 Å². The van der Waals surface area contributed by atoms with E-state index < -0.39 is 0 Å². The van der Waals surface area contributed by atoms with Gasteiger partial charge in [-0.25, -0.2) is 4.98 Å². The van der Waals surface area contributed by atoms with E-state index in [2.05, 4.69) is 24.9 Å². The van der Waals surface area contributed by atoms with Crippen LogP contribution in [0.15, 0.2) is 24.3 Å². The normalized spacial score (nSPS) is 13.2. The standard InChI is InChI=1S/C15H18ClNO/c1-9(2)13(8-18)11-4-5-14-12(7-11)6-10(3)15(16)17-14/h4-7,9,13,18H,8H2,1-3H3. The molecule has 2 rings (SSSR count). The van der Waals surface area contributed by atoms with E-state index in [9.17, 15) is 5.11 Å². The van der Waals surface area contributed by atoms with Gasteiger partial charge in [-0.05, 0) is 42.2 Å². The lowest BCUT2D eigenvalue weighted by Crippen LogP contribution is -2.11. The number of fused-ring (bicyclic) bond motifs is 1. The summed E-state index contributed by atoms with van der Waals surface area (Å²) in [4.78, 5) is 4.35. The number of aliphatic hydroxyl groups excluding tert-OH is 1. The van der Waals surface area contributed by atoms with E-state index in [0.717, 1.165) is 22.0 Å². The van der Waals surface area contributed by atoms with Crippen molar-refractivity contribution >= 4 is 22.5 Å². The molecule has 96 valence electrons. The largest absolute Gasteiger partial charge is 0.396 e. The van der Waals surface area contributed by atoms with Gasteiger partial charge in [0, 0.05) is 11.3 Å². The SMILES string of the molecule is Cc1cc2cc(C(CO)C(C)C)ccc2nc1Cl. The third-order valence-electron chi connectivity index (χ3n) is 3.40. The predicted octanol–water partition coefficient (Wildman–Crippen LogP) is 3.93. The molecule has 0 bridgehead atoms. The van der Waals surface area contributed by atoms with Crippen molar-refractivity contribution < 1.29 is 5.11 Å². The van der Waals surface area contributed by atoms with E-state index in [-0.39, 0.29) is 12.5 Å². The second-order valence-corrected chi connectivity index (χ2v) is 5.44. The van der Waals surface area contributed by atoms with Crippen LogP contribution in [0.25, 0.3) is 10.9 Å². The van der Waals surface area contributed by atoms with Crippen molar-refractivity contribution in [2.24, 2.45) is 5.92 Å². The Morgan fingerprint density at radius 3 is 2.61 bits per heavy atom. The summed E-state index contributed by atoms with van der Waals surface area (Å²) in [6.07, 6.45) is 0. The Labute approximate surface area is 113 Å². The number of pyridine rings is 1. The van der Waals surface area contributed by atoms with Gasteiger partial charge in [-0.15, -0.1) is 0 Å². The first-order chi connectivity index (χ1) is 8.52. The number of rotatable bonds is 3. The topological polar surface area (TPSA) is 33.1 Å². The monoisotopic (exact) mass is 263 g/mol. The molecule has 0 saturated carbocycles. The summed E-state index contributed by atoms with van der Waals surface area (Å²) in [7, 11) is 0. The molecule has 0 fully saturated rings. The van der Waals surface area contributed by atoms with Gasteiger partial charge < -0.3 is 5.11 Å². The summed E-state index contributed by atoms with van der Waals surface area (Å²) >= 11 is 6.02. The molecular weight excluding hydrogens is 246 g/mol. The maximum absolute atomic E-state index is 9.48. The van der Waals surface area contributed by atoms with Crippen LogP contribution in [0.3, 0.4) is 0 Å². The van der Waals surface area contributed by atoms with Gasteiger partial charge in [0.1, 0.15) is 5.15 Å². The predicted molar refractivity (Wildman–Crippen MR) is 76.2 cm³/mol. The Morgan fingerprint density at radius 1 is 1.28 bits per heavy atom. The zero-order chi connectivity index (χ0) is 13.3. The Kier molecular flexibility index (Phi) is 3.88. The van der Waals surface area contributed by atoms with Gasteiger partial charge in [-0.1, -0.05) is 31.5 Å². The zero-order valence-corrected chi connectivity index (χ0v) is 11.7. The number of halogens is 1. The minimum Gasteiger partial charge on any atom is -0.396 e. The molecule has 18 heavy (non-hydrogen) atoms. The van der Waals surface area contributed by atoms with Gasteiger partial charge in [-0.2, -0.15) is 0 Å². The third kappa shape index (κ3) is 2.50. The molecule has 1 aromatic heterocycles. The first kappa shape index (κ1) is 13.3. The summed E-state index contributed by atoms with van der Waals surface area (Å²) in [5, 5.41) is 11.1. The molecule has 0 spiro atoms. The van der Waals surface area contributed by atoms with E-state index in [1.54, 1.807) is 0 Å². The number of hydrogen-bond donors (Lipinski definition) is 1. The highest BCUT2D eigenvalue weighted by Gasteiger charge is 2.15. The van der Waals surface area contributed by atoms with Crippen LogP contribution in [0.1, 0.15) is 30.9 Å². The third-order valence-corrected chi connectivity index (χ3v) is 3.78. The van der Waals surface area contributed by atoms with Crippen LogP contribution in [0, 0.1) is 12.8 Å². The number of hydrogen-bond acceptors (Lipinski definition) is 2. The average Bonchev–Trinajstić information content (AvgIpc) is 2.31. The molecule has 1 atom stereocenters. The van der Waals surface area contributed by atoms with Crippen molar-refractivity contribution in [3.63, 3.8) is 0 Å². The lowest BCUT2D eigenvalue weighted by Gasteiger charge is -2.19. The van der Waals surface area contributed by atoms with Crippen LogP contribution < -0.4 is 0 Å². The molecule has 0 radical (unpaired) electrons. The fourth-order valence-electron chi connectivity index (χ4n) is 2.21. The number of aromatic nitrogens is 1. The van der Waals surface area contributed by atoms with Crippen molar-refractivity contribution in [3.8, 4) is 0 Å². The number of aliphatic hydroxyl groups is 1. The Hall–Kier alpha value is -1.12. The highest BCUT2D eigenvalue weighted by Crippen LogP contribution is 2.28. The van der Waals surface area contributed by atoms with E-state index in [1.165, 1.54) is 0 Å². The molecule has 0 aliphatic heterocycles. The summed E-state index contributed by atoms with van der Waals surface area (Å²) in [6.45, 7) is 6.36. The van der Waals surface area contributed by atoms with E-state index in [0.29, 0.717) is 11.1 Å². The molecule has 1 heterocycles. The van der Waals surface area contributed by atoms with Crippen LogP contribution in [0.4, 0.5) is 0 Å². The average molecular weight is 264 g/mol. The zero-order valence-electron chi connectivity index (χ0n) is 10.9. The molecule has 1 aromatic carbocycles. The molecular formula is C15H18ClNO. The molecule has 2 nitrogen and oxygen atoms in total. The van der Waals surface area contributed by atoms with Crippen molar-refractivity contribution in [1.82, 2.24) is 4.98 Å². The van der Waals surface area contributed by atoms with Crippen LogP contribution in [0.5, 0.6) is 0 Å². The highest BCUT2D eigenvalue weighted by atomic mass is 35.5. The van der Waals surface area contributed by atoms with Gasteiger partial charge in [0.25, 0.3) is 0 Å². The van der Waals surface area contributed by atoms with Gasteiger partial charge in [0.05, 0.1) is 12.1 Å². The van der Waals surface area contributed by atoms with Crippen LogP contribution in [-0.4, -0.2) is 16.7 Å². The first-order valence-electron chi connectivity index (χ1n) is 6.20. The lowest BCUT2D eigenvalue weighted by molar-refractivity contribution is 0.237. The molecule has 0 amide bonds. The maximum Gasteiger partial charge on any atom is 0.132 e. The smallest absolute Gasteiger partial charge is 0.132 e. The van der Waals surface area contributed by atoms with E-state index in [1.807, 2.05) is 25.1 Å². The Morgan fingerprint density at radius 2 is 2.00 bits per heavy atom. The number of nitrogens with zero attached hydrogens (tertiary/aromatic N) is 1. The summed E-state index contributed by atoms with van der Waals surface area (Å²) < 4.78 is 0. The minimum atomic E-state index is 0.170. The van der Waals surface area contributed by atoms with Gasteiger partial charge in [0.15, 0.2) is 0 Å². The molecule has 0 aliphatic rings. The molecule has 2 aromatic rings. The molecule has 0 saturated heterocycles. The maximum atomic E-state index is 9.48. The molecule has 1 unspecified atom stereocenters. The Balaban J connectivity index is 2.53. The molecule has 3 heteroatoms. The van der Waals surface area contributed by atoms with Crippen LogP contribution in [0.2, 0.25) is 5.15 Å². The molecule has 1 N–H and O–H groups in total. The lowest BCUT2D eigenvalue weighted by atomic mass is 9.88.